The molecule has 34 heavy (non-hydrogen) atoms. The van der Waals surface area contributed by atoms with E-state index in [0.717, 1.165) is 0 Å². The highest BCUT2D eigenvalue weighted by Gasteiger charge is 2.30. The number of hydrogen-bond acceptors (Lipinski definition) is 6. The first-order chi connectivity index (χ1) is 15.8. The second kappa shape index (κ2) is 16.0. The van der Waals surface area contributed by atoms with Gasteiger partial charge in [-0.15, -0.1) is 13.2 Å². The van der Waals surface area contributed by atoms with E-state index in [1.165, 1.54) is 24.3 Å². The molecule has 0 unspecified atom stereocenters. The Hall–Kier alpha value is -3.75. The zero-order valence-corrected chi connectivity index (χ0v) is 18.5. The lowest BCUT2D eigenvalue weighted by molar-refractivity contribution is -0.274. The van der Waals surface area contributed by atoms with Gasteiger partial charge in [-0.2, -0.15) is 4.99 Å². The number of hydroxylamine groups is 1. The second-order valence-corrected chi connectivity index (χ2v) is 6.54. The van der Waals surface area contributed by atoms with E-state index in [9.17, 15) is 22.8 Å². The molecule has 0 atom stereocenters. The number of carboxylic acids is 2. The van der Waals surface area contributed by atoms with E-state index in [4.69, 9.17) is 31.3 Å². The van der Waals surface area contributed by atoms with E-state index < -0.39 is 18.3 Å². The van der Waals surface area contributed by atoms with Gasteiger partial charge in [-0.1, -0.05) is 0 Å². The number of rotatable bonds is 11. The van der Waals surface area contributed by atoms with Gasteiger partial charge in [0.1, 0.15) is 11.5 Å². The van der Waals surface area contributed by atoms with E-state index in [2.05, 4.69) is 20.2 Å². The van der Waals surface area contributed by atoms with Crippen LogP contribution in [0.4, 0.5) is 13.2 Å². The van der Waals surface area contributed by atoms with Gasteiger partial charge in [0.05, 0.1) is 26.1 Å². The summed E-state index contributed by atoms with van der Waals surface area (Å²) in [5.74, 6) is -2.05. The van der Waals surface area contributed by atoms with E-state index in [0.29, 0.717) is 12.2 Å². The molecule has 0 aliphatic heterocycles. The molecule has 1 aromatic carbocycles. The summed E-state index contributed by atoms with van der Waals surface area (Å²) in [6.07, 6.45) is -4.81. The van der Waals surface area contributed by atoms with Crippen LogP contribution >= 0.6 is 0 Å². The number of aliphatic carboxylic acids is 2. The van der Waals surface area contributed by atoms with Crippen LogP contribution in [0.25, 0.3) is 0 Å². The number of alkyl halides is 3. The van der Waals surface area contributed by atoms with Gasteiger partial charge in [0, 0.05) is 12.5 Å². The topological polar surface area (TPSA) is 191 Å². The minimum absolute atomic E-state index is 0.00120. The Morgan fingerprint density at radius 3 is 2.03 bits per heavy atom. The Morgan fingerprint density at radius 2 is 1.56 bits per heavy atom. The van der Waals surface area contributed by atoms with Crippen LogP contribution in [0.2, 0.25) is 0 Å². The van der Waals surface area contributed by atoms with Crippen molar-refractivity contribution in [1.82, 2.24) is 5.48 Å². The van der Waals surface area contributed by atoms with Crippen molar-refractivity contribution < 1.29 is 47.3 Å². The van der Waals surface area contributed by atoms with Crippen LogP contribution < -0.4 is 26.4 Å². The number of benzene rings is 1. The summed E-state index contributed by atoms with van der Waals surface area (Å²) in [7, 11) is 0. The molecule has 1 aromatic rings. The van der Waals surface area contributed by atoms with Gasteiger partial charge in [-0.25, -0.2) is 10.5 Å². The maximum absolute atomic E-state index is 12.0. The molecule has 0 saturated heterocycles. The fraction of sp³-hybridized carbons (Fsp3) is 0.474. The molecular formula is C19H28F3N5O7. The molecule has 0 heterocycles. The molecule has 1 rings (SSSR count). The molecule has 0 amide bonds. The van der Waals surface area contributed by atoms with Crippen LogP contribution in [-0.2, 0) is 14.4 Å². The van der Waals surface area contributed by atoms with Gasteiger partial charge in [-0.05, 0) is 38.1 Å². The van der Waals surface area contributed by atoms with Gasteiger partial charge in [-0.3, -0.25) is 14.4 Å². The molecule has 7 N–H and O–H groups in total. The monoisotopic (exact) mass is 495 g/mol. The van der Waals surface area contributed by atoms with Gasteiger partial charge in [0.25, 0.3) is 0 Å². The number of nitrogens with two attached hydrogens (primary N) is 2. The summed E-state index contributed by atoms with van der Waals surface area (Å²) in [5, 5.41) is 15.8. The highest BCUT2D eigenvalue weighted by molar-refractivity contribution is 5.92. The molecular weight excluding hydrogens is 467 g/mol. The number of guanidine groups is 2. The van der Waals surface area contributed by atoms with Gasteiger partial charge < -0.3 is 31.2 Å². The first-order valence-electron chi connectivity index (χ1n) is 9.76. The molecule has 15 heteroatoms. The lowest BCUT2D eigenvalue weighted by Gasteiger charge is -2.10. The number of carbonyl (C=O) groups is 2. The predicted octanol–water partition coefficient (Wildman–Crippen LogP) is 1.85. The number of nitrogens with zero attached hydrogens (tertiary/aromatic N) is 2. The van der Waals surface area contributed by atoms with E-state index in [-0.39, 0.29) is 49.8 Å². The average molecular weight is 495 g/mol. The lowest BCUT2D eigenvalue weighted by Crippen LogP contribution is -2.34. The smallest absolute Gasteiger partial charge is 0.494 e. The molecule has 0 aliphatic carbocycles. The number of nitrogens with one attached hydrogen (secondary N) is 1. The number of ether oxygens (including phenoxy) is 2. The molecule has 192 valence electrons. The van der Waals surface area contributed by atoms with Gasteiger partial charge in [0.2, 0.25) is 11.9 Å². The highest BCUT2D eigenvalue weighted by Crippen LogP contribution is 2.24. The maximum atomic E-state index is 12.0. The SMILES string of the molecule is CC(C)N=C(N)/N=C(\N)NOCCCOc1ccc(OC(F)(F)F)cc1.O=C(O)CCC(=O)O. The van der Waals surface area contributed by atoms with Crippen molar-refractivity contribution in [2.75, 3.05) is 13.2 Å². The molecule has 0 saturated carbocycles. The summed E-state index contributed by atoms with van der Waals surface area (Å²) in [4.78, 5) is 32.1. The van der Waals surface area contributed by atoms with Crippen LogP contribution in [0.5, 0.6) is 11.5 Å². The minimum atomic E-state index is -4.72. The fourth-order valence-electron chi connectivity index (χ4n) is 1.84. The van der Waals surface area contributed by atoms with Crippen molar-refractivity contribution >= 4 is 23.9 Å². The van der Waals surface area contributed by atoms with Gasteiger partial charge >= 0.3 is 18.3 Å². The molecule has 0 spiro atoms. The van der Waals surface area contributed by atoms with Crippen molar-refractivity contribution in [2.45, 2.75) is 45.5 Å². The highest BCUT2D eigenvalue weighted by atomic mass is 19.4. The molecule has 0 aliphatic rings. The van der Waals surface area contributed by atoms with Crippen LogP contribution in [0, 0.1) is 0 Å². The molecule has 0 radical (unpaired) electrons. The molecule has 0 fully saturated rings. The third-order valence-electron chi connectivity index (χ3n) is 3.07. The number of halogens is 3. The third kappa shape index (κ3) is 19.0. The summed E-state index contributed by atoms with van der Waals surface area (Å²) >= 11 is 0. The summed E-state index contributed by atoms with van der Waals surface area (Å²) < 4.78 is 45.2. The van der Waals surface area contributed by atoms with Crippen molar-refractivity contribution in [1.29, 1.82) is 0 Å². The van der Waals surface area contributed by atoms with Crippen LogP contribution in [0.1, 0.15) is 33.1 Å². The fourth-order valence-corrected chi connectivity index (χ4v) is 1.84. The minimum Gasteiger partial charge on any atom is -0.494 e. The Balaban J connectivity index is 0.00000116. The predicted molar refractivity (Wildman–Crippen MR) is 115 cm³/mol. The van der Waals surface area contributed by atoms with Crippen molar-refractivity contribution in [3.63, 3.8) is 0 Å². The van der Waals surface area contributed by atoms with E-state index in [1.807, 2.05) is 13.8 Å². The Labute approximate surface area is 193 Å². The van der Waals surface area contributed by atoms with E-state index in [1.54, 1.807) is 0 Å². The summed E-state index contributed by atoms with van der Waals surface area (Å²) in [6.45, 7) is 4.24. The quantitative estimate of drug-likeness (QED) is 0.131. The van der Waals surface area contributed by atoms with Crippen LogP contribution in [0.15, 0.2) is 34.3 Å². The van der Waals surface area contributed by atoms with Gasteiger partial charge in [0.15, 0.2) is 0 Å². The van der Waals surface area contributed by atoms with Crippen LogP contribution in [-0.4, -0.2) is 59.7 Å². The average Bonchev–Trinajstić information content (AvgIpc) is 2.69. The zero-order valence-electron chi connectivity index (χ0n) is 18.5. The van der Waals surface area contributed by atoms with Crippen LogP contribution in [0.3, 0.4) is 0 Å². The first kappa shape index (κ1) is 30.2. The standard InChI is InChI=1S/C15H22F3N5O3.C4H6O4/c1-10(2)21-13(19)22-14(20)23-25-9-3-8-24-11-4-6-12(7-5-11)26-15(16,17)18;5-3(6)1-2-4(7)8/h4-7,10H,3,8-9H2,1-2H3,(H5,19,20,21,22,23);1-2H2,(H,5,6)(H,7,8). The number of carboxylic acid groups (broad SMARTS) is 2. The first-order valence-corrected chi connectivity index (χ1v) is 9.76. The largest absolute Gasteiger partial charge is 0.573 e. The number of hydrogen-bond donors (Lipinski definition) is 5. The lowest BCUT2D eigenvalue weighted by atomic mass is 10.3. The summed E-state index contributed by atoms with van der Waals surface area (Å²) in [6, 6.07) is 5.09. The Kier molecular flexibility index (Phi) is 14.2. The Bertz CT molecular complexity index is 801. The molecule has 0 bridgehead atoms. The van der Waals surface area contributed by atoms with Crippen molar-refractivity contribution in [2.24, 2.45) is 21.5 Å². The van der Waals surface area contributed by atoms with Crippen molar-refractivity contribution in [3.8, 4) is 11.5 Å². The van der Waals surface area contributed by atoms with E-state index >= 15 is 0 Å². The molecule has 0 aromatic heterocycles. The number of aliphatic imine (C=N–C) groups is 2. The zero-order chi connectivity index (χ0) is 26.1. The molecule has 12 nitrogen and oxygen atoms in total. The van der Waals surface area contributed by atoms with Crippen molar-refractivity contribution in [3.05, 3.63) is 24.3 Å². The Morgan fingerprint density at radius 1 is 1.03 bits per heavy atom. The maximum Gasteiger partial charge on any atom is 0.573 e. The summed E-state index contributed by atoms with van der Waals surface area (Å²) in [5.41, 5.74) is 13.5. The third-order valence-corrected chi connectivity index (χ3v) is 3.07. The second-order valence-electron chi connectivity index (χ2n) is 6.54. The normalized spacial score (nSPS) is 11.9.